The highest BCUT2D eigenvalue weighted by Crippen LogP contribution is 2.21. The van der Waals surface area contributed by atoms with Gasteiger partial charge in [-0.05, 0) is 61.5 Å². The van der Waals surface area contributed by atoms with Gasteiger partial charge in [0.1, 0.15) is 11.5 Å². The van der Waals surface area contributed by atoms with E-state index < -0.39 is 0 Å². The maximum Gasteiger partial charge on any atom is 0.221 e. The molecular weight excluding hydrogens is 362 g/mol. The zero-order valence-electron chi connectivity index (χ0n) is 15.8. The third kappa shape index (κ3) is 7.15. The molecule has 0 radical (unpaired) electrons. The molecule has 0 fully saturated rings. The van der Waals surface area contributed by atoms with Gasteiger partial charge in [0.2, 0.25) is 5.91 Å². The summed E-state index contributed by atoms with van der Waals surface area (Å²) in [5.41, 5.74) is 2.72. The van der Waals surface area contributed by atoms with Crippen molar-refractivity contribution >= 4 is 34.6 Å². The van der Waals surface area contributed by atoms with Crippen molar-refractivity contribution in [2.45, 2.75) is 20.3 Å². The molecule has 0 saturated heterocycles. The molecule has 27 heavy (non-hydrogen) atoms. The van der Waals surface area contributed by atoms with E-state index in [2.05, 4.69) is 16.0 Å². The minimum Gasteiger partial charge on any atom is -0.497 e. The first-order chi connectivity index (χ1) is 13.0. The van der Waals surface area contributed by atoms with Gasteiger partial charge in [0.15, 0.2) is 5.11 Å². The number of thiocarbonyl (C=S) groups is 1. The summed E-state index contributed by atoms with van der Waals surface area (Å²) in [6.07, 6.45) is 0.785. The lowest BCUT2D eigenvalue weighted by Gasteiger charge is -2.13. The summed E-state index contributed by atoms with van der Waals surface area (Å²) in [5.74, 6) is 1.43. The Balaban J connectivity index is 1.69. The fourth-order valence-corrected chi connectivity index (χ4v) is 2.61. The van der Waals surface area contributed by atoms with E-state index in [1.807, 2.05) is 43.3 Å². The predicted octanol–water partition coefficient (Wildman–Crippen LogP) is 3.72. The lowest BCUT2D eigenvalue weighted by Crippen LogP contribution is -2.30. The quantitative estimate of drug-likeness (QED) is 0.474. The van der Waals surface area contributed by atoms with Crippen LogP contribution in [0.3, 0.4) is 0 Å². The molecule has 1 amide bonds. The van der Waals surface area contributed by atoms with Gasteiger partial charge in [-0.2, -0.15) is 0 Å². The Hall–Kier alpha value is -2.80. The van der Waals surface area contributed by atoms with Gasteiger partial charge in [-0.1, -0.05) is 6.07 Å². The second-order valence-electron chi connectivity index (χ2n) is 5.97. The van der Waals surface area contributed by atoms with Crippen LogP contribution in [0.2, 0.25) is 0 Å². The van der Waals surface area contributed by atoms with Crippen molar-refractivity contribution in [1.29, 1.82) is 0 Å². The highest BCUT2D eigenvalue weighted by atomic mass is 32.1. The molecule has 0 spiro atoms. The fraction of sp³-hybridized carbons (Fsp3) is 0.300. The number of carbonyl (C=O) groups excluding carboxylic acids is 1. The molecular formula is C20H25N3O3S. The van der Waals surface area contributed by atoms with Gasteiger partial charge >= 0.3 is 0 Å². The minimum atomic E-state index is -0.107. The normalized spacial score (nSPS) is 10.0. The smallest absolute Gasteiger partial charge is 0.221 e. The number of rotatable bonds is 8. The molecule has 0 bridgehead atoms. The van der Waals surface area contributed by atoms with Gasteiger partial charge in [-0.15, -0.1) is 0 Å². The molecule has 0 aliphatic rings. The van der Waals surface area contributed by atoms with Crippen LogP contribution in [0.25, 0.3) is 0 Å². The first-order valence-electron chi connectivity index (χ1n) is 8.68. The van der Waals surface area contributed by atoms with Crippen LogP contribution in [0, 0.1) is 6.92 Å². The fourth-order valence-electron chi connectivity index (χ4n) is 2.40. The van der Waals surface area contributed by atoms with Crippen LogP contribution in [0.4, 0.5) is 11.4 Å². The van der Waals surface area contributed by atoms with Crippen LogP contribution in [0.5, 0.6) is 11.5 Å². The predicted molar refractivity (Wildman–Crippen MR) is 113 cm³/mol. The van der Waals surface area contributed by atoms with Gasteiger partial charge in [-0.3, -0.25) is 4.79 Å². The van der Waals surface area contributed by atoms with Crippen molar-refractivity contribution in [3.8, 4) is 11.5 Å². The molecule has 0 aromatic heterocycles. The highest BCUT2D eigenvalue weighted by Gasteiger charge is 2.03. The number of nitrogens with one attached hydrogen (secondary N) is 3. The standard InChI is InChI=1S/C20H25N3O3S/c1-14-12-17(25-3)8-9-19(14)23-20(27)21-10-5-11-26-18-7-4-6-16(13-18)22-15(2)24/h4,6-9,12-13H,5,10-11H2,1-3H3,(H,22,24)(H2,21,23,27). The third-order valence-corrected chi connectivity index (χ3v) is 3.96. The Morgan fingerprint density at radius 3 is 2.63 bits per heavy atom. The number of hydrogen-bond donors (Lipinski definition) is 3. The van der Waals surface area contributed by atoms with Crippen molar-refractivity contribution in [3.63, 3.8) is 0 Å². The van der Waals surface area contributed by atoms with E-state index >= 15 is 0 Å². The minimum absolute atomic E-state index is 0.107. The molecule has 2 aromatic carbocycles. The van der Waals surface area contributed by atoms with E-state index in [4.69, 9.17) is 21.7 Å². The topological polar surface area (TPSA) is 71.6 Å². The Morgan fingerprint density at radius 2 is 1.93 bits per heavy atom. The first-order valence-corrected chi connectivity index (χ1v) is 9.08. The zero-order valence-corrected chi connectivity index (χ0v) is 16.6. The first kappa shape index (κ1) is 20.5. The van der Waals surface area contributed by atoms with Crippen molar-refractivity contribution in [1.82, 2.24) is 5.32 Å². The number of aryl methyl sites for hydroxylation is 1. The SMILES string of the molecule is COc1ccc(NC(=S)NCCCOc2cccc(NC(C)=O)c2)c(C)c1. The molecule has 0 atom stereocenters. The number of anilines is 2. The monoisotopic (exact) mass is 387 g/mol. The molecule has 0 aliphatic heterocycles. The van der Waals surface area contributed by atoms with Gasteiger partial charge in [0.25, 0.3) is 0 Å². The summed E-state index contributed by atoms with van der Waals surface area (Å²) >= 11 is 5.32. The van der Waals surface area contributed by atoms with Gasteiger partial charge in [-0.25, -0.2) is 0 Å². The number of hydrogen-bond acceptors (Lipinski definition) is 4. The van der Waals surface area contributed by atoms with Gasteiger partial charge in [0, 0.05) is 30.9 Å². The highest BCUT2D eigenvalue weighted by molar-refractivity contribution is 7.80. The molecule has 144 valence electrons. The molecule has 3 N–H and O–H groups in total. The van der Waals surface area contributed by atoms with Crippen molar-refractivity contribution in [3.05, 3.63) is 48.0 Å². The molecule has 0 aliphatic carbocycles. The number of benzene rings is 2. The third-order valence-electron chi connectivity index (χ3n) is 3.71. The largest absolute Gasteiger partial charge is 0.497 e. The summed E-state index contributed by atoms with van der Waals surface area (Å²) in [5, 5.41) is 9.64. The summed E-state index contributed by atoms with van der Waals surface area (Å²) in [6.45, 7) is 4.70. The van der Waals surface area contributed by atoms with Crippen molar-refractivity contribution in [2.24, 2.45) is 0 Å². The molecule has 0 heterocycles. The molecule has 2 aromatic rings. The van der Waals surface area contributed by atoms with Crippen molar-refractivity contribution in [2.75, 3.05) is 30.9 Å². The van der Waals surface area contributed by atoms with Crippen LogP contribution in [0.15, 0.2) is 42.5 Å². The number of carbonyl (C=O) groups is 1. The van der Waals surface area contributed by atoms with Gasteiger partial charge < -0.3 is 25.4 Å². The van der Waals surface area contributed by atoms with Crippen LogP contribution in [-0.2, 0) is 4.79 Å². The second-order valence-corrected chi connectivity index (χ2v) is 6.38. The maximum atomic E-state index is 11.1. The van der Waals surface area contributed by atoms with Crippen LogP contribution in [0.1, 0.15) is 18.9 Å². The van der Waals surface area contributed by atoms with E-state index in [1.165, 1.54) is 6.92 Å². The Kier molecular flexibility index (Phi) is 7.88. The Labute approximate surface area is 165 Å². The zero-order chi connectivity index (χ0) is 19.6. The summed E-state index contributed by atoms with van der Waals surface area (Å²) in [4.78, 5) is 11.1. The molecule has 2 rings (SSSR count). The van der Waals surface area contributed by atoms with E-state index in [0.717, 1.165) is 34.9 Å². The molecule has 0 unspecified atom stereocenters. The lowest BCUT2D eigenvalue weighted by molar-refractivity contribution is -0.114. The Bertz CT molecular complexity index is 796. The van der Waals surface area contributed by atoms with Crippen LogP contribution < -0.4 is 25.4 Å². The number of amides is 1. The molecule has 6 nitrogen and oxygen atoms in total. The van der Waals surface area contributed by atoms with Gasteiger partial charge in [0.05, 0.1) is 13.7 Å². The maximum absolute atomic E-state index is 11.1. The van der Waals surface area contributed by atoms with E-state index in [-0.39, 0.29) is 5.91 Å². The van der Waals surface area contributed by atoms with E-state index in [9.17, 15) is 4.79 Å². The van der Waals surface area contributed by atoms with Crippen LogP contribution in [-0.4, -0.2) is 31.3 Å². The number of ether oxygens (including phenoxy) is 2. The summed E-state index contributed by atoms with van der Waals surface area (Å²) < 4.78 is 10.9. The van der Waals surface area contributed by atoms with Crippen LogP contribution >= 0.6 is 12.2 Å². The van der Waals surface area contributed by atoms with Crippen molar-refractivity contribution < 1.29 is 14.3 Å². The Morgan fingerprint density at radius 1 is 1.11 bits per heavy atom. The average Bonchev–Trinajstić information content (AvgIpc) is 2.63. The second kappa shape index (κ2) is 10.4. The average molecular weight is 388 g/mol. The molecule has 0 saturated carbocycles. The molecule has 7 heteroatoms. The van der Waals surface area contributed by atoms with E-state index in [0.29, 0.717) is 18.3 Å². The summed E-state index contributed by atoms with van der Waals surface area (Å²) in [6, 6.07) is 13.1. The van der Waals surface area contributed by atoms with E-state index in [1.54, 1.807) is 13.2 Å². The summed E-state index contributed by atoms with van der Waals surface area (Å²) in [7, 11) is 1.65. The number of methoxy groups -OCH3 is 1. The lowest BCUT2D eigenvalue weighted by atomic mass is 10.2.